The van der Waals surface area contributed by atoms with Gasteiger partial charge in [-0.2, -0.15) is 0 Å². The van der Waals surface area contributed by atoms with Gasteiger partial charge in [-0.15, -0.1) is 11.3 Å². The lowest BCUT2D eigenvalue weighted by molar-refractivity contribution is -0.149. The van der Waals surface area contributed by atoms with Crippen molar-refractivity contribution in [2.24, 2.45) is 5.73 Å². The van der Waals surface area contributed by atoms with Crippen molar-refractivity contribution in [3.05, 3.63) is 39.8 Å². The number of hydrogen-bond donors (Lipinski definition) is 2. The summed E-state index contributed by atoms with van der Waals surface area (Å²) in [7, 11) is 1.51. The number of amides is 2. The van der Waals surface area contributed by atoms with Gasteiger partial charge >= 0.3 is 5.97 Å². The van der Waals surface area contributed by atoms with E-state index in [-0.39, 0.29) is 6.61 Å². The Labute approximate surface area is 178 Å². The summed E-state index contributed by atoms with van der Waals surface area (Å²) in [5, 5.41) is 3.06. The number of anilines is 1. The summed E-state index contributed by atoms with van der Waals surface area (Å²) in [6.07, 6.45) is 3.67. The summed E-state index contributed by atoms with van der Waals surface area (Å²) in [5.74, 6) is -0.908. The van der Waals surface area contributed by atoms with E-state index in [0.717, 1.165) is 41.7 Å². The van der Waals surface area contributed by atoms with Gasteiger partial charge in [-0.05, 0) is 55.9 Å². The van der Waals surface area contributed by atoms with Crippen LogP contribution in [0.5, 0.6) is 11.5 Å². The lowest BCUT2D eigenvalue weighted by Crippen LogP contribution is -2.24. The van der Waals surface area contributed by atoms with E-state index in [1.54, 1.807) is 12.1 Å². The predicted octanol–water partition coefficient (Wildman–Crippen LogP) is 2.60. The van der Waals surface area contributed by atoms with Gasteiger partial charge in [-0.25, -0.2) is 4.79 Å². The molecule has 0 saturated heterocycles. The van der Waals surface area contributed by atoms with Gasteiger partial charge in [0.05, 0.1) is 12.7 Å². The molecule has 1 aromatic carbocycles. The van der Waals surface area contributed by atoms with Crippen molar-refractivity contribution in [3.8, 4) is 11.5 Å². The Morgan fingerprint density at radius 3 is 2.63 bits per heavy atom. The van der Waals surface area contributed by atoms with Crippen LogP contribution in [0.4, 0.5) is 5.00 Å². The molecule has 0 unspecified atom stereocenters. The normalized spacial score (nSPS) is 12.6. The molecule has 1 aliphatic rings. The first kappa shape index (κ1) is 21.6. The molecule has 160 valence electrons. The Morgan fingerprint density at radius 1 is 1.13 bits per heavy atom. The van der Waals surface area contributed by atoms with Gasteiger partial charge in [0.1, 0.15) is 5.00 Å². The third-order valence-corrected chi connectivity index (χ3v) is 5.91. The van der Waals surface area contributed by atoms with Crippen molar-refractivity contribution in [1.82, 2.24) is 0 Å². The number of nitrogens with two attached hydrogens (primary N) is 1. The summed E-state index contributed by atoms with van der Waals surface area (Å²) in [4.78, 5) is 37.1. The molecule has 9 heteroatoms. The van der Waals surface area contributed by atoms with E-state index in [2.05, 4.69) is 5.32 Å². The molecule has 1 aromatic heterocycles. The maximum atomic E-state index is 12.2. The zero-order valence-electron chi connectivity index (χ0n) is 16.9. The maximum absolute atomic E-state index is 12.2. The minimum atomic E-state index is -0.701. The number of hydrogen-bond acceptors (Lipinski definition) is 7. The molecule has 3 rings (SSSR count). The maximum Gasteiger partial charge on any atom is 0.344 e. The number of rotatable bonds is 8. The van der Waals surface area contributed by atoms with E-state index in [4.69, 9.17) is 19.9 Å². The largest absolute Gasteiger partial charge is 0.493 e. The molecule has 0 bridgehead atoms. The number of nitrogens with one attached hydrogen (secondary N) is 1. The fraction of sp³-hybridized carbons (Fsp3) is 0.381. The van der Waals surface area contributed by atoms with Gasteiger partial charge in [-0.1, -0.05) is 6.07 Å². The molecule has 2 amide bonds. The lowest BCUT2D eigenvalue weighted by Gasteiger charge is -2.11. The molecule has 0 aliphatic heterocycles. The van der Waals surface area contributed by atoms with Crippen LogP contribution >= 0.6 is 11.3 Å². The van der Waals surface area contributed by atoms with Gasteiger partial charge in [0, 0.05) is 4.88 Å². The second kappa shape index (κ2) is 9.62. The highest BCUT2D eigenvalue weighted by Gasteiger charge is 2.25. The minimum Gasteiger partial charge on any atom is -0.493 e. The highest BCUT2D eigenvalue weighted by atomic mass is 32.1. The highest BCUT2D eigenvalue weighted by Crippen LogP contribution is 2.37. The van der Waals surface area contributed by atoms with E-state index in [1.165, 1.54) is 18.4 Å². The molecule has 1 heterocycles. The number of thiophene rings is 1. The first-order valence-corrected chi connectivity index (χ1v) is 10.4. The average molecular weight is 432 g/mol. The van der Waals surface area contributed by atoms with Crippen LogP contribution < -0.4 is 20.5 Å². The average Bonchev–Trinajstić information content (AvgIpc) is 3.09. The number of fused-ring (bicyclic) bond motifs is 1. The van der Waals surface area contributed by atoms with Crippen molar-refractivity contribution < 1.29 is 28.6 Å². The van der Waals surface area contributed by atoms with Gasteiger partial charge < -0.3 is 25.3 Å². The van der Waals surface area contributed by atoms with Crippen molar-refractivity contribution in [3.63, 3.8) is 0 Å². The van der Waals surface area contributed by atoms with Crippen molar-refractivity contribution in [2.75, 3.05) is 25.6 Å². The highest BCUT2D eigenvalue weighted by molar-refractivity contribution is 7.17. The number of primary amides is 1. The fourth-order valence-electron chi connectivity index (χ4n) is 3.30. The summed E-state index contributed by atoms with van der Waals surface area (Å²) >= 11 is 1.35. The predicted molar refractivity (Wildman–Crippen MR) is 112 cm³/mol. The van der Waals surface area contributed by atoms with Gasteiger partial charge in [-0.3, -0.25) is 9.59 Å². The van der Waals surface area contributed by atoms with Crippen LogP contribution in [0.25, 0.3) is 0 Å². The second-order valence-corrected chi connectivity index (χ2v) is 8.04. The SMILES string of the molecule is COc1cc(C)ccc1OCC(=O)OCC(=O)Nc1sc2c(c1C(N)=O)CCCC2. The number of carbonyl (C=O) groups is 3. The first-order valence-electron chi connectivity index (χ1n) is 9.56. The van der Waals surface area contributed by atoms with E-state index >= 15 is 0 Å². The van der Waals surface area contributed by atoms with Crippen LogP contribution in [-0.2, 0) is 27.2 Å². The lowest BCUT2D eigenvalue weighted by atomic mass is 9.95. The number of esters is 1. The molecular formula is C21H24N2O6S. The van der Waals surface area contributed by atoms with E-state index in [9.17, 15) is 14.4 Å². The Balaban J connectivity index is 1.53. The molecule has 3 N–H and O–H groups in total. The summed E-state index contributed by atoms with van der Waals surface area (Å²) in [5.41, 5.74) is 7.79. The Bertz CT molecular complexity index is 969. The molecule has 1 aliphatic carbocycles. The van der Waals surface area contributed by atoms with Crippen LogP contribution in [0.15, 0.2) is 18.2 Å². The molecule has 30 heavy (non-hydrogen) atoms. The van der Waals surface area contributed by atoms with Gasteiger partial charge in [0.15, 0.2) is 24.7 Å². The van der Waals surface area contributed by atoms with Crippen LogP contribution in [0.1, 0.15) is 39.2 Å². The zero-order chi connectivity index (χ0) is 21.7. The number of carbonyl (C=O) groups excluding carboxylic acids is 3. The quantitative estimate of drug-likeness (QED) is 0.619. The molecule has 0 spiro atoms. The Morgan fingerprint density at radius 2 is 1.90 bits per heavy atom. The topological polar surface area (TPSA) is 117 Å². The van der Waals surface area contributed by atoms with Crippen LogP contribution in [0, 0.1) is 6.92 Å². The summed E-state index contributed by atoms with van der Waals surface area (Å²) in [6, 6.07) is 5.30. The van der Waals surface area contributed by atoms with Crippen molar-refractivity contribution in [1.29, 1.82) is 0 Å². The fourth-order valence-corrected chi connectivity index (χ4v) is 4.61. The molecule has 0 atom stereocenters. The third kappa shape index (κ3) is 5.10. The second-order valence-electron chi connectivity index (χ2n) is 6.93. The molecule has 8 nitrogen and oxygen atoms in total. The molecule has 2 aromatic rings. The van der Waals surface area contributed by atoms with E-state index in [0.29, 0.717) is 22.1 Å². The van der Waals surface area contributed by atoms with Crippen LogP contribution in [0.2, 0.25) is 0 Å². The Hall–Kier alpha value is -3.07. The molecule has 0 saturated carbocycles. The number of ether oxygens (including phenoxy) is 3. The standard InChI is InChI=1S/C21H24N2O6S/c1-12-7-8-14(15(9-12)27-2)28-11-18(25)29-10-17(24)23-21-19(20(22)26)13-5-3-4-6-16(13)30-21/h7-9H,3-6,10-11H2,1-2H3,(H2,22,26)(H,23,24). The van der Waals surface area contributed by atoms with E-state index < -0.39 is 24.4 Å². The monoisotopic (exact) mass is 432 g/mol. The Kier molecular flexibility index (Phi) is 6.94. The van der Waals surface area contributed by atoms with Gasteiger partial charge in [0.2, 0.25) is 0 Å². The van der Waals surface area contributed by atoms with Crippen molar-refractivity contribution in [2.45, 2.75) is 32.6 Å². The molecular weight excluding hydrogens is 408 g/mol. The van der Waals surface area contributed by atoms with E-state index in [1.807, 2.05) is 13.0 Å². The molecule has 0 radical (unpaired) electrons. The number of benzene rings is 1. The summed E-state index contributed by atoms with van der Waals surface area (Å²) in [6.45, 7) is 1.05. The van der Waals surface area contributed by atoms with Crippen LogP contribution in [-0.4, -0.2) is 38.1 Å². The van der Waals surface area contributed by atoms with Crippen molar-refractivity contribution >= 4 is 34.1 Å². The third-order valence-electron chi connectivity index (χ3n) is 4.70. The summed E-state index contributed by atoms with van der Waals surface area (Å²) < 4.78 is 15.6. The number of methoxy groups -OCH3 is 1. The smallest absolute Gasteiger partial charge is 0.344 e. The first-order chi connectivity index (χ1) is 14.4. The number of aryl methyl sites for hydroxylation is 2. The van der Waals surface area contributed by atoms with Crippen LogP contribution in [0.3, 0.4) is 0 Å². The minimum absolute atomic E-state index is 0.365. The molecule has 0 fully saturated rings. The van der Waals surface area contributed by atoms with Gasteiger partial charge in [0.25, 0.3) is 11.8 Å². The zero-order valence-corrected chi connectivity index (χ0v) is 17.7.